The third-order valence-electron chi connectivity index (χ3n) is 4.43. The highest BCUT2D eigenvalue weighted by atomic mass is 15.4. The van der Waals surface area contributed by atoms with E-state index < -0.39 is 0 Å². The van der Waals surface area contributed by atoms with Gasteiger partial charge < -0.3 is 9.80 Å². The summed E-state index contributed by atoms with van der Waals surface area (Å²) in [4.78, 5) is 4.66. The molecule has 3 heterocycles. The van der Waals surface area contributed by atoms with E-state index in [0.29, 0.717) is 12.0 Å². The Bertz CT molecular complexity index is 630. The van der Waals surface area contributed by atoms with Crippen LogP contribution in [-0.2, 0) is 0 Å². The summed E-state index contributed by atoms with van der Waals surface area (Å²) in [5.41, 5.74) is 0.860. The summed E-state index contributed by atoms with van der Waals surface area (Å²) >= 11 is 0. The zero-order valence-electron chi connectivity index (χ0n) is 12.0. The van der Waals surface area contributed by atoms with Gasteiger partial charge in [0.15, 0.2) is 11.5 Å². The molecule has 2 fully saturated rings. The predicted octanol–water partition coefficient (Wildman–Crippen LogP) is 1.14. The van der Waals surface area contributed by atoms with Crippen LogP contribution in [0.5, 0.6) is 0 Å². The fourth-order valence-electron chi connectivity index (χ4n) is 2.93. The molecule has 0 N–H and O–H groups in total. The fraction of sp³-hybridized carbons (Fsp3) is 0.643. The van der Waals surface area contributed by atoms with E-state index in [0.717, 1.165) is 30.4 Å². The molecule has 20 heavy (non-hydrogen) atoms. The minimum absolute atomic E-state index is 0.570. The van der Waals surface area contributed by atoms with Gasteiger partial charge in [0.2, 0.25) is 0 Å². The molecule has 4 rings (SSSR count). The topological polar surface area (TPSA) is 49.6 Å². The first kappa shape index (κ1) is 12.1. The van der Waals surface area contributed by atoms with Crippen LogP contribution in [0.1, 0.15) is 31.0 Å². The van der Waals surface area contributed by atoms with Crippen molar-refractivity contribution in [3.63, 3.8) is 0 Å². The van der Waals surface area contributed by atoms with Gasteiger partial charge in [0.1, 0.15) is 5.82 Å². The largest absolute Gasteiger partial charge is 0.354 e. The molecule has 2 aromatic rings. The maximum absolute atomic E-state index is 4.77. The van der Waals surface area contributed by atoms with Crippen molar-refractivity contribution in [3.8, 4) is 0 Å². The summed E-state index contributed by atoms with van der Waals surface area (Å²) in [7, 11) is 4.30. The zero-order chi connectivity index (χ0) is 13.7. The number of anilines is 1. The Morgan fingerprint density at radius 3 is 2.70 bits per heavy atom. The lowest BCUT2D eigenvalue weighted by molar-refractivity contribution is 0.315. The highest BCUT2D eigenvalue weighted by Crippen LogP contribution is 2.38. The molecule has 6 nitrogen and oxygen atoms in total. The maximum Gasteiger partial charge on any atom is 0.178 e. The van der Waals surface area contributed by atoms with E-state index in [9.17, 15) is 0 Å². The normalized spacial score (nSPS) is 23.1. The number of nitrogens with zero attached hydrogens (tertiary/aromatic N) is 6. The van der Waals surface area contributed by atoms with Crippen LogP contribution in [0.4, 0.5) is 5.82 Å². The number of fused-ring (bicyclic) bond motifs is 1. The van der Waals surface area contributed by atoms with E-state index >= 15 is 0 Å². The molecule has 1 aliphatic carbocycles. The highest BCUT2D eigenvalue weighted by molar-refractivity contribution is 5.47. The second kappa shape index (κ2) is 4.41. The van der Waals surface area contributed by atoms with E-state index in [-0.39, 0.29) is 0 Å². The minimum Gasteiger partial charge on any atom is -0.354 e. The summed E-state index contributed by atoms with van der Waals surface area (Å²) in [6, 6.07) is 4.72. The van der Waals surface area contributed by atoms with Crippen LogP contribution >= 0.6 is 0 Å². The van der Waals surface area contributed by atoms with Crippen molar-refractivity contribution in [2.75, 3.05) is 32.1 Å². The van der Waals surface area contributed by atoms with Crippen LogP contribution in [-0.4, -0.2) is 57.9 Å². The van der Waals surface area contributed by atoms with Gasteiger partial charge in [-0.05, 0) is 45.5 Å². The van der Waals surface area contributed by atoms with Gasteiger partial charge in [-0.25, -0.2) is 0 Å². The molecular weight excluding hydrogens is 252 g/mol. The van der Waals surface area contributed by atoms with Gasteiger partial charge in [0, 0.05) is 25.0 Å². The molecule has 6 heteroatoms. The van der Waals surface area contributed by atoms with E-state index in [4.69, 9.17) is 5.10 Å². The Morgan fingerprint density at radius 1 is 1.15 bits per heavy atom. The molecule has 1 atom stereocenters. The molecule has 106 valence electrons. The van der Waals surface area contributed by atoms with Crippen LogP contribution in [0.2, 0.25) is 0 Å². The molecule has 1 saturated carbocycles. The maximum atomic E-state index is 4.77. The molecule has 2 aromatic heterocycles. The van der Waals surface area contributed by atoms with Crippen molar-refractivity contribution in [1.82, 2.24) is 24.7 Å². The Labute approximate surface area is 118 Å². The molecule has 0 spiro atoms. The van der Waals surface area contributed by atoms with Crippen molar-refractivity contribution in [2.45, 2.75) is 31.2 Å². The van der Waals surface area contributed by atoms with Crippen LogP contribution < -0.4 is 4.90 Å². The minimum atomic E-state index is 0.570. The highest BCUT2D eigenvalue weighted by Gasteiger charge is 2.30. The summed E-state index contributed by atoms with van der Waals surface area (Å²) in [6.07, 6.45) is 3.64. The second-order valence-corrected chi connectivity index (χ2v) is 6.15. The van der Waals surface area contributed by atoms with Crippen molar-refractivity contribution in [2.24, 2.45) is 0 Å². The SMILES string of the molecule is CN(C)C1CCN(c2ccc3nnc(C4CC4)n3n2)C1. The smallest absolute Gasteiger partial charge is 0.178 e. The lowest BCUT2D eigenvalue weighted by atomic mass is 10.2. The second-order valence-electron chi connectivity index (χ2n) is 6.15. The number of hydrogen-bond acceptors (Lipinski definition) is 5. The van der Waals surface area contributed by atoms with Crippen molar-refractivity contribution < 1.29 is 0 Å². The molecule has 0 radical (unpaired) electrons. The van der Waals surface area contributed by atoms with Gasteiger partial charge in [-0.3, -0.25) is 0 Å². The lowest BCUT2D eigenvalue weighted by Crippen LogP contribution is -2.31. The standard InChI is InChI=1S/C14H20N6/c1-18(2)11-7-8-19(9-11)13-6-5-12-15-16-14(10-3-4-10)20(12)17-13/h5-6,10-11H,3-4,7-9H2,1-2H3. The fourth-order valence-corrected chi connectivity index (χ4v) is 2.93. The third kappa shape index (κ3) is 1.95. The summed E-state index contributed by atoms with van der Waals surface area (Å²) in [5.74, 6) is 2.65. The van der Waals surface area contributed by atoms with E-state index in [1.54, 1.807) is 0 Å². The Balaban J connectivity index is 1.65. The van der Waals surface area contributed by atoms with Crippen LogP contribution in [0.3, 0.4) is 0 Å². The van der Waals surface area contributed by atoms with Crippen LogP contribution in [0.25, 0.3) is 5.65 Å². The van der Waals surface area contributed by atoms with Crippen molar-refractivity contribution in [1.29, 1.82) is 0 Å². The van der Waals surface area contributed by atoms with Crippen molar-refractivity contribution in [3.05, 3.63) is 18.0 Å². The Kier molecular flexibility index (Phi) is 2.66. The van der Waals surface area contributed by atoms with E-state index in [2.05, 4.69) is 40.2 Å². The van der Waals surface area contributed by atoms with Gasteiger partial charge in [-0.15, -0.1) is 15.3 Å². The number of hydrogen-bond donors (Lipinski definition) is 0. The average molecular weight is 272 g/mol. The van der Waals surface area contributed by atoms with Gasteiger partial charge >= 0.3 is 0 Å². The first-order chi connectivity index (χ1) is 9.72. The lowest BCUT2D eigenvalue weighted by Gasteiger charge is -2.20. The average Bonchev–Trinajstić information content (AvgIpc) is 3.03. The molecule has 2 aliphatic rings. The first-order valence-corrected chi connectivity index (χ1v) is 7.36. The summed E-state index contributed by atoms with van der Waals surface area (Å²) in [5, 5.41) is 13.3. The molecule has 1 unspecified atom stereocenters. The third-order valence-corrected chi connectivity index (χ3v) is 4.43. The first-order valence-electron chi connectivity index (χ1n) is 7.36. The Morgan fingerprint density at radius 2 is 2.00 bits per heavy atom. The monoisotopic (exact) mass is 272 g/mol. The molecular formula is C14H20N6. The molecule has 1 saturated heterocycles. The van der Waals surface area contributed by atoms with Gasteiger partial charge in [-0.2, -0.15) is 4.52 Å². The number of likely N-dealkylation sites (N-methyl/N-ethyl adjacent to an activating group) is 1. The van der Waals surface area contributed by atoms with Gasteiger partial charge in [0.05, 0.1) is 0 Å². The molecule has 0 aromatic carbocycles. The van der Waals surface area contributed by atoms with Crippen molar-refractivity contribution >= 4 is 11.5 Å². The van der Waals surface area contributed by atoms with E-state index in [1.807, 2.05) is 10.6 Å². The number of aromatic nitrogens is 4. The van der Waals surface area contributed by atoms with Crippen LogP contribution in [0.15, 0.2) is 12.1 Å². The predicted molar refractivity (Wildman–Crippen MR) is 77.1 cm³/mol. The van der Waals surface area contributed by atoms with Crippen LogP contribution in [0, 0.1) is 0 Å². The Hall–Kier alpha value is -1.69. The van der Waals surface area contributed by atoms with E-state index in [1.165, 1.54) is 19.3 Å². The van der Waals surface area contributed by atoms with Gasteiger partial charge in [-0.1, -0.05) is 0 Å². The summed E-state index contributed by atoms with van der Waals surface area (Å²) < 4.78 is 1.94. The molecule has 0 amide bonds. The molecule has 0 bridgehead atoms. The summed E-state index contributed by atoms with van der Waals surface area (Å²) in [6.45, 7) is 2.12. The molecule has 1 aliphatic heterocycles. The number of rotatable bonds is 3. The zero-order valence-corrected chi connectivity index (χ0v) is 12.0. The van der Waals surface area contributed by atoms with Gasteiger partial charge in [0.25, 0.3) is 0 Å². The quantitative estimate of drug-likeness (QED) is 0.838.